The average Bonchev–Trinajstić information content (AvgIpc) is 2.77. The van der Waals surface area contributed by atoms with Crippen LogP contribution in [0.1, 0.15) is 50.8 Å². The summed E-state index contributed by atoms with van der Waals surface area (Å²) < 4.78 is 5.52. The summed E-state index contributed by atoms with van der Waals surface area (Å²) in [6, 6.07) is 0.858. The van der Waals surface area contributed by atoms with Crippen molar-refractivity contribution in [1.82, 2.24) is 10.3 Å². The third-order valence-corrected chi connectivity index (χ3v) is 3.34. The van der Waals surface area contributed by atoms with E-state index in [9.17, 15) is 0 Å². The van der Waals surface area contributed by atoms with Crippen LogP contribution in [0, 0.1) is 12.8 Å². The van der Waals surface area contributed by atoms with E-state index in [0.717, 1.165) is 17.6 Å². The van der Waals surface area contributed by atoms with E-state index < -0.39 is 0 Å². The van der Waals surface area contributed by atoms with Gasteiger partial charge in [0.2, 0.25) is 5.89 Å². The molecule has 1 aliphatic carbocycles. The predicted molar refractivity (Wildman–Crippen MR) is 59.6 cm³/mol. The number of rotatable bonds is 3. The quantitative estimate of drug-likeness (QED) is 0.830. The largest absolute Gasteiger partial charge is 0.444 e. The summed E-state index contributed by atoms with van der Waals surface area (Å²) in [7, 11) is 0. The molecule has 2 rings (SSSR count). The summed E-state index contributed by atoms with van der Waals surface area (Å²) in [4.78, 5) is 4.25. The second kappa shape index (κ2) is 4.35. The summed E-state index contributed by atoms with van der Waals surface area (Å²) in [6.45, 7) is 6.37. The van der Waals surface area contributed by atoms with Crippen molar-refractivity contribution in [3.8, 4) is 0 Å². The normalized spacial score (nSPS) is 28.2. The Hall–Kier alpha value is -0.830. The van der Waals surface area contributed by atoms with E-state index in [1.807, 2.05) is 6.92 Å². The second-order valence-electron chi connectivity index (χ2n) is 4.71. The number of hydrogen-bond donors (Lipinski definition) is 1. The van der Waals surface area contributed by atoms with Crippen LogP contribution in [0.2, 0.25) is 0 Å². The third kappa shape index (κ3) is 2.40. The van der Waals surface area contributed by atoms with Gasteiger partial charge in [0.25, 0.3) is 0 Å². The van der Waals surface area contributed by atoms with E-state index in [0.29, 0.717) is 6.04 Å². The number of aryl methyl sites for hydroxylation is 1. The molecule has 1 saturated carbocycles. The highest BCUT2D eigenvalue weighted by Crippen LogP contribution is 2.27. The zero-order valence-electron chi connectivity index (χ0n) is 9.79. The van der Waals surface area contributed by atoms with E-state index in [4.69, 9.17) is 4.42 Å². The lowest BCUT2D eigenvalue weighted by molar-refractivity contribution is 0.338. The second-order valence-corrected chi connectivity index (χ2v) is 4.71. The van der Waals surface area contributed by atoms with Gasteiger partial charge in [-0.3, -0.25) is 0 Å². The Kier molecular flexibility index (Phi) is 3.10. The molecule has 1 N–H and O–H groups in total. The van der Waals surface area contributed by atoms with E-state index in [1.54, 1.807) is 6.20 Å². The number of oxazole rings is 1. The van der Waals surface area contributed by atoms with Crippen LogP contribution in [-0.2, 0) is 0 Å². The van der Waals surface area contributed by atoms with Crippen molar-refractivity contribution in [2.45, 2.75) is 52.1 Å². The Morgan fingerprint density at radius 2 is 2.33 bits per heavy atom. The lowest BCUT2D eigenvalue weighted by Crippen LogP contribution is -2.33. The van der Waals surface area contributed by atoms with E-state index in [2.05, 4.69) is 24.1 Å². The van der Waals surface area contributed by atoms with Crippen molar-refractivity contribution in [3.63, 3.8) is 0 Å². The van der Waals surface area contributed by atoms with Crippen LogP contribution in [0.5, 0.6) is 0 Å². The third-order valence-electron chi connectivity index (χ3n) is 3.34. The fourth-order valence-electron chi connectivity index (χ4n) is 2.36. The maximum atomic E-state index is 5.52. The Balaban J connectivity index is 1.94. The Morgan fingerprint density at radius 3 is 2.87 bits per heavy atom. The lowest BCUT2D eigenvalue weighted by atomic mass is 10.1. The predicted octanol–water partition coefficient (Wildman–Crippen LogP) is 2.82. The molecule has 1 aromatic heterocycles. The molecule has 3 heteroatoms. The molecule has 3 atom stereocenters. The van der Waals surface area contributed by atoms with Gasteiger partial charge < -0.3 is 9.73 Å². The van der Waals surface area contributed by atoms with Gasteiger partial charge in [-0.25, -0.2) is 4.98 Å². The topological polar surface area (TPSA) is 38.1 Å². The highest BCUT2D eigenvalue weighted by Gasteiger charge is 2.25. The van der Waals surface area contributed by atoms with Crippen molar-refractivity contribution in [2.24, 2.45) is 5.92 Å². The Labute approximate surface area is 91.3 Å². The molecule has 15 heavy (non-hydrogen) atoms. The van der Waals surface area contributed by atoms with Crippen molar-refractivity contribution in [1.29, 1.82) is 0 Å². The average molecular weight is 208 g/mol. The van der Waals surface area contributed by atoms with Crippen LogP contribution in [0.3, 0.4) is 0 Å². The smallest absolute Gasteiger partial charge is 0.211 e. The standard InChI is InChI=1S/C12H20N2O/c1-8-5-4-6-11(8)14-10(3)12-13-7-9(2)15-12/h7-8,10-11,14H,4-6H2,1-3H3. The molecule has 3 nitrogen and oxygen atoms in total. The van der Waals surface area contributed by atoms with E-state index in [1.165, 1.54) is 19.3 Å². The van der Waals surface area contributed by atoms with Gasteiger partial charge in [0.15, 0.2) is 0 Å². The molecule has 1 fully saturated rings. The molecule has 3 unspecified atom stereocenters. The summed E-state index contributed by atoms with van der Waals surface area (Å²) >= 11 is 0. The molecular weight excluding hydrogens is 188 g/mol. The molecule has 1 heterocycles. The van der Waals surface area contributed by atoms with Gasteiger partial charge in [-0.2, -0.15) is 0 Å². The van der Waals surface area contributed by atoms with Crippen LogP contribution in [0.4, 0.5) is 0 Å². The maximum Gasteiger partial charge on any atom is 0.211 e. The summed E-state index contributed by atoms with van der Waals surface area (Å²) in [5, 5.41) is 3.60. The molecule has 84 valence electrons. The maximum absolute atomic E-state index is 5.52. The first-order valence-corrected chi connectivity index (χ1v) is 5.85. The first-order valence-electron chi connectivity index (χ1n) is 5.85. The van der Waals surface area contributed by atoms with Crippen LogP contribution in [0.25, 0.3) is 0 Å². The van der Waals surface area contributed by atoms with Crippen molar-refractivity contribution < 1.29 is 4.42 Å². The lowest BCUT2D eigenvalue weighted by Gasteiger charge is -2.20. The van der Waals surface area contributed by atoms with Gasteiger partial charge in [-0.1, -0.05) is 13.3 Å². The number of nitrogens with zero attached hydrogens (tertiary/aromatic N) is 1. The van der Waals surface area contributed by atoms with Crippen molar-refractivity contribution in [3.05, 3.63) is 17.8 Å². The van der Waals surface area contributed by atoms with Gasteiger partial charge in [-0.05, 0) is 32.6 Å². The minimum absolute atomic E-state index is 0.226. The molecule has 0 spiro atoms. The SMILES string of the molecule is Cc1cnc(C(C)NC2CCCC2C)o1. The van der Waals surface area contributed by atoms with Crippen molar-refractivity contribution in [2.75, 3.05) is 0 Å². The molecule has 0 saturated heterocycles. The summed E-state index contributed by atoms with van der Waals surface area (Å²) in [5.74, 6) is 2.48. The van der Waals surface area contributed by atoms with E-state index >= 15 is 0 Å². The monoisotopic (exact) mass is 208 g/mol. The van der Waals surface area contributed by atoms with Crippen LogP contribution in [-0.4, -0.2) is 11.0 Å². The fourth-order valence-corrected chi connectivity index (χ4v) is 2.36. The number of aromatic nitrogens is 1. The highest BCUT2D eigenvalue weighted by atomic mass is 16.4. The summed E-state index contributed by atoms with van der Waals surface area (Å²) in [5.41, 5.74) is 0. The van der Waals surface area contributed by atoms with Crippen LogP contribution >= 0.6 is 0 Å². The van der Waals surface area contributed by atoms with Gasteiger partial charge >= 0.3 is 0 Å². The van der Waals surface area contributed by atoms with E-state index in [-0.39, 0.29) is 6.04 Å². The van der Waals surface area contributed by atoms with Crippen molar-refractivity contribution >= 4 is 0 Å². The Bertz CT molecular complexity index is 321. The Morgan fingerprint density at radius 1 is 1.53 bits per heavy atom. The van der Waals surface area contributed by atoms with Crippen LogP contribution < -0.4 is 5.32 Å². The fraction of sp³-hybridized carbons (Fsp3) is 0.750. The molecule has 0 bridgehead atoms. The molecule has 1 aliphatic rings. The molecule has 0 amide bonds. The molecule has 0 aromatic carbocycles. The zero-order chi connectivity index (χ0) is 10.8. The zero-order valence-corrected chi connectivity index (χ0v) is 9.79. The molecule has 1 aromatic rings. The molecule has 0 radical (unpaired) electrons. The summed E-state index contributed by atoms with van der Waals surface area (Å²) in [6.07, 6.45) is 5.75. The number of nitrogens with one attached hydrogen (secondary N) is 1. The highest BCUT2D eigenvalue weighted by molar-refractivity contribution is 4.96. The molecule has 0 aliphatic heterocycles. The molecular formula is C12H20N2O. The number of hydrogen-bond acceptors (Lipinski definition) is 3. The first kappa shape index (κ1) is 10.7. The van der Waals surface area contributed by atoms with Gasteiger partial charge in [0.1, 0.15) is 5.76 Å². The minimum Gasteiger partial charge on any atom is -0.444 e. The van der Waals surface area contributed by atoms with Gasteiger partial charge in [0.05, 0.1) is 12.2 Å². The minimum atomic E-state index is 0.226. The van der Waals surface area contributed by atoms with Crippen LogP contribution in [0.15, 0.2) is 10.6 Å². The van der Waals surface area contributed by atoms with Gasteiger partial charge in [0, 0.05) is 6.04 Å². The van der Waals surface area contributed by atoms with Gasteiger partial charge in [-0.15, -0.1) is 0 Å². The first-order chi connectivity index (χ1) is 7.16.